The summed E-state index contributed by atoms with van der Waals surface area (Å²) in [5.74, 6) is 0.323. The predicted molar refractivity (Wildman–Crippen MR) is 103 cm³/mol. The Balaban J connectivity index is 1.76. The number of benzene rings is 2. The zero-order chi connectivity index (χ0) is 18.8. The molecule has 0 aliphatic heterocycles. The van der Waals surface area contributed by atoms with Gasteiger partial charge in [-0.15, -0.1) is 0 Å². The Bertz CT molecular complexity index is 757. The Kier molecular flexibility index (Phi) is 7.43. The van der Waals surface area contributed by atoms with E-state index in [1.54, 1.807) is 20.2 Å². The van der Waals surface area contributed by atoms with Crippen LogP contribution < -0.4 is 10.1 Å². The molecular formula is C21H24N2O3. The lowest BCUT2D eigenvalue weighted by Crippen LogP contribution is -2.38. The minimum absolute atomic E-state index is 0.0239. The molecule has 0 heterocycles. The van der Waals surface area contributed by atoms with Gasteiger partial charge >= 0.3 is 0 Å². The van der Waals surface area contributed by atoms with Crippen LogP contribution in [0.2, 0.25) is 0 Å². The Morgan fingerprint density at radius 1 is 1.12 bits per heavy atom. The van der Waals surface area contributed by atoms with Crippen molar-refractivity contribution in [3.05, 3.63) is 71.8 Å². The number of amides is 2. The van der Waals surface area contributed by atoms with Gasteiger partial charge in [0.15, 0.2) is 0 Å². The average Bonchev–Trinajstić information content (AvgIpc) is 2.67. The van der Waals surface area contributed by atoms with Gasteiger partial charge in [-0.1, -0.05) is 42.5 Å². The number of nitrogens with one attached hydrogen (secondary N) is 1. The summed E-state index contributed by atoms with van der Waals surface area (Å²) in [6.45, 7) is 0.570. The van der Waals surface area contributed by atoms with E-state index < -0.39 is 0 Å². The molecule has 0 atom stereocenters. The maximum absolute atomic E-state index is 12.1. The molecule has 2 aromatic rings. The fourth-order valence-electron chi connectivity index (χ4n) is 2.38. The molecule has 0 saturated heterocycles. The number of methoxy groups -OCH3 is 1. The van der Waals surface area contributed by atoms with Crippen molar-refractivity contribution in [2.75, 3.05) is 27.2 Å². The van der Waals surface area contributed by atoms with E-state index in [9.17, 15) is 9.59 Å². The van der Waals surface area contributed by atoms with Crippen LogP contribution in [0.15, 0.2) is 60.7 Å². The first-order valence-electron chi connectivity index (χ1n) is 8.46. The number of carbonyl (C=O) groups excluding carboxylic acids is 2. The summed E-state index contributed by atoms with van der Waals surface area (Å²) in [6, 6.07) is 17.3. The van der Waals surface area contributed by atoms with E-state index in [-0.39, 0.29) is 18.4 Å². The summed E-state index contributed by atoms with van der Waals surface area (Å²) < 4.78 is 5.15. The zero-order valence-corrected chi connectivity index (χ0v) is 15.1. The number of likely N-dealkylation sites (N-methyl/N-ethyl adjacent to an activating group) is 1. The number of carbonyl (C=O) groups is 2. The molecule has 0 fully saturated rings. The zero-order valence-electron chi connectivity index (χ0n) is 15.1. The van der Waals surface area contributed by atoms with Gasteiger partial charge in [-0.2, -0.15) is 0 Å². The van der Waals surface area contributed by atoms with Gasteiger partial charge in [0.1, 0.15) is 5.75 Å². The van der Waals surface area contributed by atoms with Gasteiger partial charge in [0.2, 0.25) is 11.8 Å². The smallest absolute Gasteiger partial charge is 0.246 e. The molecule has 2 amide bonds. The second-order valence-corrected chi connectivity index (χ2v) is 5.89. The summed E-state index contributed by atoms with van der Waals surface area (Å²) in [4.78, 5) is 25.5. The summed E-state index contributed by atoms with van der Waals surface area (Å²) in [7, 11) is 3.20. The second-order valence-electron chi connectivity index (χ2n) is 5.89. The first kappa shape index (κ1) is 19.2. The van der Waals surface area contributed by atoms with Crippen LogP contribution in [0.3, 0.4) is 0 Å². The van der Waals surface area contributed by atoms with Gasteiger partial charge < -0.3 is 15.0 Å². The van der Waals surface area contributed by atoms with Gasteiger partial charge in [0.25, 0.3) is 0 Å². The molecule has 5 nitrogen and oxygen atoms in total. The molecular weight excluding hydrogens is 328 g/mol. The molecule has 0 bridgehead atoms. The van der Waals surface area contributed by atoms with Crippen LogP contribution >= 0.6 is 0 Å². The van der Waals surface area contributed by atoms with E-state index in [2.05, 4.69) is 5.32 Å². The number of hydrogen-bond donors (Lipinski definition) is 1. The molecule has 0 aromatic heterocycles. The van der Waals surface area contributed by atoms with Crippen molar-refractivity contribution in [3.63, 3.8) is 0 Å². The van der Waals surface area contributed by atoms with Crippen molar-refractivity contribution in [3.8, 4) is 5.75 Å². The summed E-state index contributed by atoms with van der Waals surface area (Å²) in [5, 5.41) is 2.83. The number of hydrogen-bond acceptors (Lipinski definition) is 3. The second kappa shape index (κ2) is 10.0. The van der Waals surface area contributed by atoms with Gasteiger partial charge in [0, 0.05) is 19.7 Å². The highest BCUT2D eigenvalue weighted by Crippen LogP contribution is 2.13. The largest absolute Gasteiger partial charge is 0.497 e. The van der Waals surface area contributed by atoms with E-state index in [1.807, 2.05) is 54.6 Å². The van der Waals surface area contributed by atoms with Crippen LogP contribution in [0, 0.1) is 0 Å². The van der Waals surface area contributed by atoms with E-state index in [4.69, 9.17) is 4.74 Å². The quantitative estimate of drug-likeness (QED) is 0.743. The third kappa shape index (κ3) is 6.43. The molecule has 0 aliphatic rings. The predicted octanol–water partition coefficient (Wildman–Crippen LogP) is 2.53. The summed E-state index contributed by atoms with van der Waals surface area (Å²) >= 11 is 0. The SMILES string of the molecule is COc1cccc(/C=C/C(=O)N(C)CC(=O)NCCc2ccccc2)c1. The van der Waals surface area contributed by atoms with Gasteiger partial charge in [-0.3, -0.25) is 9.59 Å². The van der Waals surface area contributed by atoms with Crippen molar-refractivity contribution >= 4 is 17.9 Å². The third-order valence-electron chi connectivity index (χ3n) is 3.85. The van der Waals surface area contributed by atoms with Gasteiger partial charge in [0.05, 0.1) is 13.7 Å². The van der Waals surface area contributed by atoms with E-state index in [1.165, 1.54) is 16.5 Å². The molecule has 0 unspecified atom stereocenters. The maximum atomic E-state index is 12.1. The first-order chi connectivity index (χ1) is 12.6. The van der Waals surface area contributed by atoms with Crippen LogP contribution in [-0.2, 0) is 16.0 Å². The lowest BCUT2D eigenvalue weighted by atomic mass is 10.1. The van der Waals surface area contributed by atoms with Crippen molar-refractivity contribution < 1.29 is 14.3 Å². The third-order valence-corrected chi connectivity index (χ3v) is 3.85. The highest BCUT2D eigenvalue weighted by molar-refractivity contribution is 5.94. The Morgan fingerprint density at radius 3 is 2.62 bits per heavy atom. The van der Waals surface area contributed by atoms with Crippen molar-refractivity contribution in [1.29, 1.82) is 0 Å². The summed E-state index contributed by atoms with van der Waals surface area (Å²) in [6.07, 6.45) is 3.92. The van der Waals surface area contributed by atoms with Crippen LogP contribution in [0.25, 0.3) is 6.08 Å². The monoisotopic (exact) mass is 352 g/mol. The first-order valence-corrected chi connectivity index (χ1v) is 8.46. The van der Waals surface area contributed by atoms with Crippen molar-refractivity contribution in [2.45, 2.75) is 6.42 Å². The highest BCUT2D eigenvalue weighted by atomic mass is 16.5. The Morgan fingerprint density at radius 2 is 1.88 bits per heavy atom. The molecule has 0 aliphatic carbocycles. The lowest BCUT2D eigenvalue weighted by molar-refractivity contribution is -0.131. The van der Waals surface area contributed by atoms with Crippen LogP contribution in [0.5, 0.6) is 5.75 Å². The fourth-order valence-corrected chi connectivity index (χ4v) is 2.38. The van der Waals surface area contributed by atoms with Gasteiger partial charge in [-0.05, 0) is 35.8 Å². The normalized spacial score (nSPS) is 10.5. The summed E-state index contributed by atoms with van der Waals surface area (Å²) in [5.41, 5.74) is 2.02. The van der Waals surface area contributed by atoms with Crippen molar-refractivity contribution in [2.24, 2.45) is 0 Å². The minimum atomic E-state index is -0.231. The highest BCUT2D eigenvalue weighted by Gasteiger charge is 2.10. The Hall–Kier alpha value is -3.08. The fraction of sp³-hybridized carbons (Fsp3) is 0.238. The number of rotatable bonds is 8. The average molecular weight is 352 g/mol. The van der Waals surface area contributed by atoms with Gasteiger partial charge in [-0.25, -0.2) is 0 Å². The number of nitrogens with zero attached hydrogens (tertiary/aromatic N) is 1. The van der Waals surface area contributed by atoms with Crippen LogP contribution in [0.4, 0.5) is 0 Å². The Labute approximate surface area is 154 Å². The maximum Gasteiger partial charge on any atom is 0.246 e. The molecule has 0 saturated carbocycles. The van der Waals surface area contributed by atoms with E-state index in [0.29, 0.717) is 6.54 Å². The van der Waals surface area contributed by atoms with E-state index in [0.717, 1.165) is 17.7 Å². The minimum Gasteiger partial charge on any atom is -0.497 e. The van der Waals surface area contributed by atoms with Crippen LogP contribution in [-0.4, -0.2) is 44.0 Å². The van der Waals surface area contributed by atoms with Crippen molar-refractivity contribution in [1.82, 2.24) is 10.2 Å². The molecule has 136 valence electrons. The molecule has 2 aromatic carbocycles. The number of ether oxygens (including phenoxy) is 1. The molecule has 0 spiro atoms. The lowest BCUT2D eigenvalue weighted by Gasteiger charge is -2.14. The van der Waals surface area contributed by atoms with E-state index >= 15 is 0 Å². The molecule has 26 heavy (non-hydrogen) atoms. The standard InChI is InChI=1S/C21H24N2O3/c1-23(16-20(24)22-14-13-17-7-4-3-5-8-17)21(25)12-11-18-9-6-10-19(15-18)26-2/h3-12,15H,13-14,16H2,1-2H3,(H,22,24)/b12-11+. The topological polar surface area (TPSA) is 58.6 Å². The molecule has 0 radical (unpaired) electrons. The molecule has 2 rings (SSSR count). The molecule has 5 heteroatoms. The molecule has 1 N–H and O–H groups in total. The van der Waals surface area contributed by atoms with Crippen LogP contribution in [0.1, 0.15) is 11.1 Å².